The topological polar surface area (TPSA) is 102 Å². The average Bonchev–Trinajstić information content (AvgIpc) is 3.68. The second-order valence-corrected chi connectivity index (χ2v) is 15.2. The molecule has 8 rings (SSSR count). The summed E-state index contributed by atoms with van der Waals surface area (Å²) in [6.07, 6.45) is -12.0. The molecule has 3 aromatic carbocycles. The number of fused-ring (bicyclic) bond motifs is 4. The molecule has 300 valence electrons. The smallest absolute Gasteiger partial charge is 0.368 e. The van der Waals surface area contributed by atoms with Gasteiger partial charge in [-0.2, -0.15) is 13.2 Å². The van der Waals surface area contributed by atoms with Crippen LogP contribution in [0.2, 0.25) is 0 Å². The Balaban J connectivity index is 1.05. The van der Waals surface area contributed by atoms with Gasteiger partial charge in [-0.1, -0.05) is 72.5 Å². The van der Waals surface area contributed by atoms with Gasteiger partial charge in [0.15, 0.2) is 30.4 Å². The first-order valence-corrected chi connectivity index (χ1v) is 18.7. The second-order valence-electron chi connectivity index (χ2n) is 15.2. The Morgan fingerprint density at radius 1 is 0.696 bits per heavy atom. The van der Waals surface area contributed by atoms with E-state index in [-0.39, 0.29) is 26.4 Å². The molecule has 56 heavy (non-hydrogen) atoms. The molecule has 0 bridgehead atoms. The number of alkyl halides is 3. The number of benzene rings is 3. The summed E-state index contributed by atoms with van der Waals surface area (Å²) in [4.78, 5) is 0. The monoisotopic (exact) mass is 782 g/mol. The maximum absolute atomic E-state index is 13.1. The highest BCUT2D eigenvalue weighted by Crippen LogP contribution is 2.45. The van der Waals surface area contributed by atoms with Crippen molar-refractivity contribution in [1.82, 2.24) is 0 Å². The van der Waals surface area contributed by atoms with Gasteiger partial charge in [0.05, 0.1) is 25.4 Å². The predicted molar refractivity (Wildman–Crippen MR) is 190 cm³/mol. The van der Waals surface area contributed by atoms with Crippen molar-refractivity contribution >= 4 is 0 Å². The molecular weight excluding hydrogens is 737 g/mol. The summed E-state index contributed by atoms with van der Waals surface area (Å²) >= 11 is 0. The summed E-state index contributed by atoms with van der Waals surface area (Å²) in [7, 11) is 0. The van der Waals surface area contributed by atoms with E-state index in [1.54, 1.807) is 0 Å². The SMILES string of the molecule is CC1(C)O[C@H]2[C@@H](O1)[C@@H](CO[C@@H]1O[C@@H]3COC(c4ccccc4)O[C@H]3[C@H](OCc3ccccc3)[C@@H]1OCC#Cc1ccc(C(F)(F)F)cc1)O[C@@H]1OC(C)(C)O[C@@H]12. The lowest BCUT2D eigenvalue weighted by Gasteiger charge is -2.49. The molecule has 5 aliphatic rings. The van der Waals surface area contributed by atoms with E-state index in [1.807, 2.05) is 88.4 Å². The Labute approximate surface area is 323 Å². The molecule has 5 fully saturated rings. The third kappa shape index (κ3) is 8.84. The van der Waals surface area contributed by atoms with E-state index in [4.69, 9.17) is 52.1 Å². The lowest BCUT2D eigenvalue weighted by Crippen LogP contribution is -2.64. The van der Waals surface area contributed by atoms with E-state index < -0.39 is 91.0 Å². The highest BCUT2D eigenvalue weighted by Gasteiger charge is 2.61. The second kappa shape index (κ2) is 16.1. The average molecular weight is 783 g/mol. The van der Waals surface area contributed by atoms with E-state index in [0.717, 1.165) is 23.3 Å². The van der Waals surface area contributed by atoms with Crippen LogP contribution in [0.1, 0.15) is 56.2 Å². The molecule has 0 aromatic heterocycles. The van der Waals surface area contributed by atoms with Crippen LogP contribution in [0.5, 0.6) is 0 Å². The van der Waals surface area contributed by atoms with Crippen molar-refractivity contribution in [2.45, 2.75) is 120 Å². The normalized spacial score (nSPS) is 34.4. The minimum Gasteiger partial charge on any atom is -0.368 e. The fourth-order valence-corrected chi connectivity index (χ4v) is 7.63. The molecule has 0 N–H and O–H groups in total. The Kier molecular flexibility index (Phi) is 11.3. The third-order valence-electron chi connectivity index (χ3n) is 10.1. The van der Waals surface area contributed by atoms with Crippen LogP contribution in [0, 0.1) is 11.8 Å². The van der Waals surface area contributed by atoms with Gasteiger partial charge >= 0.3 is 6.18 Å². The van der Waals surface area contributed by atoms with Crippen LogP contribution in [0.25, 0.3) is 0 Å². The van der Waals surface area contributed by atoms with Crippen molar-refractivity contribution in [3.05, 3.63) is 107 Å². The van der Waals surface area contributed by atoms with Gasteiger partial charge in [-0.05, 0) is 57.5 Å². The third-order valence-corrected chi connectivity index (χ3v) is 10.1. The summed E-state index contributed by atoms with van der Waals surface area (Å²) in [5.74, 6) is 4.02. The molecule has 0 saturated carbocycles. The standard InChI is InChI=1S/C42H45F3O11/c1-40(2)53-32-30(51-39-36(34(32)54-40)55-41(3,4)56-39)24-49-38-35(46-21-11-14-25-17-19-28(20-18-25)42(43,44)45)33(47-22-26-12-7-5-8-13-26)31-29(50-38)23-48-37(52-31)27-15-9-6-10-16-27/h5-10,12-13,15-20,29-39H,21-24H2,1-4H3/t29-,30-,31-,32+,33+,34+,35+,36-,37?,38-,39-/m1/s1. The van der Waals surface area contributed by atoms with Crippen molar-refractivity contribution in [2.24, 2.45) is 0 Å². The first-order valence-electron chi connectivity index (χ1n) is 18.7. The molecule has 5 aliphatic heterocycles. The number of ether oxygens (including phenoxy) is 11. The van der Waals surface area contributed by atoms with Crippen molar-refractivity contribution in [3.63, 3.8) is 0 Å². The van der Waals surface area contributed by atoms with Crippen LogP contribution < -0.4 is 0 Å². The number of hydrogen-bond donors (Lipinski definition) is 0. The minimum atomic E-state index is -4.45. The van der Waals surface area contributed by atoms with Crippen molar-refractivity contribution < 1.29 is 65.3 Å². The lowest BCUT2D eigenvalue weighted by molar-refractivity contribution is -0.374. The van der Waals surface area contributed by atoms with Gasteiger partial charge in [0.2, 0.25) is 0 Å². The van der Waals surface area contributed by atoms with Gasteiger partial charge < -0.3 is 52.1 Å². The molecule has 11 nitrogen and oxygen atoms in total. The first kappa shape index (κ1) is 39.4. The van der Waals surface area contributed by atoms with E-state index in [2.05, 4.69) is 11.8 Å². The zero-order valence-electron chi connectivity index (χ0n) is 31.4. The van der Waals surface area contributed by atoms with Crippen LogP contribution >= 0.6 is 0 Å². The van der Waals surface area contributed by atoms with Gasteiger partial charge in [0, 0.05) is 11.1 Å². The molecule has 0 aliphatic carbocycles. The minimum absolute atomic E-state index is 0.00742. The summed E-state index contributed by atoms with van der Waals surface area (Å²) in [6.45, 7) is 7.57. The van der Waals surface area contributed by atoms with Crippen LogP contribution in [-0.2, 0) is 64.9 Å². The van der Waals surface area contributed by atoms with Crippen LogP contribution in [-0.4, -0.2) is 92.8 Å². The van der Waals surface area contributed by atoms with Gasteiger partial charge in [0.25, 0.3) is 0 Å². The molecule has 14 heteroatoms. The van der Waals surface area contributed by atoms with Crippen LogP contribution in [0.3, 0.4) is 0 Å². The zero-order valence-corrected chi connectivity index (χ0v) is 31.4. The summed E-state index contributed by atoms with van der Waals surface area (Å²) in [6, 6.07) is 23.9. The lowest BCUT2D eigenvalue weighted by atomic mass is 9.96. The molecular formula is C42H45F3O11. The van der Waals surface area contributed by atoms with Gasteiger partial charge in [-0.25, -0.2) is 0 Å². The number of hydrogen-bond acceptors (Lipinski definition) is 11. The molecule has 0 amide bonds. The van der Waals surface area contributed by atoms with Crippen molar-refractivity contribution in [2.75, 3.05) is 19.8 Å². The van der Waals surface area contributed by atoms with Crippen LogP contribution in [0.15, 0.2) is 84.9 Å². The van der Waals surface area contributed by atoms with Gasteiger partial charge in [-0.3, -0.25) is 0 Å². The Morgan fingerprint density at radius 3 is 2.11 bits per heavy atom. The van der Waals surface area contributed by atoms with Gasteiger partial charge in [0.1, 0.15) is 55.4 Å². The molecule has 5 saturated heterocycles. The number of rotatable bonds is 9. The summed E-state index contributed by atoms with van der Waals surface area (Å²) in [5, 5.41) is 0. The summed E-state index contributed by atoms with van der Waals surface area (Å²) in [5.41, 5.74) is 1.40. The van der Waals surface area contributed by atoms with Crippen LogP contribution in [0.4, 0.5) is 13.2 Å². The maximum Gasteiger partial charge on any atom is 0.416 e. The molecule has 5 heterocycles. The van der Waals surface area contributed by atoms with E-state index in [9.17, 15) is 13.2 Å². The fourth-order valence-electron chi connectivity index (χ4n) is 7.63. The Morgan fingerprint density at radius 2 is 1.38 bits per heavy atom. The van der Waals surface area contributed by atoms with E-state index in [1.165, 1.54) is 12.1 Å². The quantitative estimate of drug-likeness (QED) is 0.230. The highest BCUT2D eigenvalue weighted by atomic mass is 19.4. The molecule has 3 aromatic rings. The largest absolute Gasteiger partial charge is 0.416 e. The fraction of sp³-hybridized carbons (Fsp3) is 0.524. The van der Waals surface area contributed by atoms with E-state index >= 15 is 0 Å². The first-order chi connectivity index (χ1) is 26.8. The Bertz CT molecular complexity index is 1830. The van der Waals surface area contributed by atoms with E-state index in [0.29, 0.717) is 5.56 Å². The highest BCUT2D eigenvalue weighted by molar-refractivity contribution is 5.37. The zero-order chi connectivity index (χ0) is 39.1. The molecule has 11 atom stereocenters. The maximum atomic E-state index is 13.1. The number of halogens is 3. The Hall–Kier alpha value is -3.43. The molecule has 0 spiro atoms. The van der Waals surface area contributed by atoms with Crippen molar-refractivity contribution in [3.8, 4) is 11.8 Å². The molecule has 0 radical (unpaired) electrons. The predicted octanol–water partition coefficient (Wildman–Crippen LogP) is 6.28. The van der Waals surface area contributed by atoms with Gasteiger partial charge in [-0.15, -0.1) is 0 Å². The summed E-state index contributed by atoms with van der Waals surface area (Å²) < 4.78 is 110. The van der Waals surface area contributed by atoms with Crippen molar-refractivity contribution in [1.29, 1.82) is 0 Å². The molecule has 1 unspecified atom stereocenters.